The van der Waals surface area contributed by atoms with E-state index < -0.39 is 17.9 Å². The van der Waals surface area contributed by atoms with Gasteiger partial charge in [0.25, 0.3) is 0 Å². The monoisotopic (exact) mass is 716 g/mol. The molecule has 0 saturated heterocycles. The molecule has 0 N–H and O–H groups in total. The molecule has 0 amide bonds. The summed E-state index contributed by atoms with van der Waals surface area (Å²) >= 11 is 0. The number of hydrogen-bond acceptors (Lipinski definition) is 7. The van der Waals surface area contributed by atoms with Crippen LogP contribution in [0.25, 0.3) is 0 Å². The zero-order chi connectivity index (χ0) is 34.8. The number of phosphoric acid groups is 1. The molecule has 0 aliphatic heterocycles. The van der Waals surface area contributed by atoms with Crippen molar-refractivity contribution >= 4 is 17.9 Å². The minimum Gasteiger partial charge on any atom is -0.744 e. The molecule has 4 rings (SSSR count). The van der Waals surface area contributed by atoms with Crippen LogP contribution in [0.3, 0.4) is 0 Å². The first-order chi connectivity index (χ1) is 23.0. The zero-order valence-electron chi connectivity index (χ0n) is 29.7. The Balaban J connectivity index is 0.000000339. The minimum absolute atomic E-state index is 0. The third-order valence-electron chi connectivity index (χ3n) is 7.75. The first kappa shape index (κ1) is 42.6. The Morgan fingerprint density at radius 3 is 1.18 bits per heavy atom. The molecule has 0 fully saturated rings. The summed E-state index contributed by atoms with van der Waals surface area (Å²) in [6.45, 7) is 8.14. The number of rotatable bonds is 18. The molecule has 0 aliphatic rings. The van der Waals surface area contributed by atoms with Crippen molar-refractivity contribution in [3.63, 3.8) is 0 Å². The van der Waals surface area contributed by atoms with E-state index in [0.29, 0.717) is 17.2 Å². The van der Waals surface area contributed by atoms with Crippen molar-refractivity contribution in [2.45, 2.75) is 103 Å². The van der Waals surface area contributed by atoms with Crippen molar-refractivity contribution in [3.05, 3.63) is 119 Å². The van der Waals surface area contributed by atoms with Crippen LogP contribution in [0, 0.1) is 20.8 Å². The molecule has 4 aromatic carbocycles. The van der Waals surface area contributed by atoms with Crippen LogP contribution in [0.15, 0.2) is 102 Å². The first-order valence-electron chi connectivity index (χ1n) is 16.9. The molecule has 0 atom stereocenters. The predicted octanol–water partition coefficient (Wildman–Crippen LogP) is 8.31. The second kappa shape index (κ2) is 22.3. The van der Waals surface area contributed by atoms with Crippen LogP contribution in [0.5, 0.6) is 17.2 Å². The van der Waals surface area contributed by atoms with Gasteiger partial charge in [-0.2, -0.15) is 4.57 Å². The van der Waals surface area contributed by atoms with E-state index >= 15 is 0 Å². The van der Waals surface area contributed by atoms with Crippen LogP contribution < -0.4 is 43.1 Å². The molecule has 0 bridgehead atoms. The van der Waals surface area contributed by atoms with Crippen molar-refractivity contribution in [2.24, 2.45) is 0 Å². The number of benzene rings is 4. The first-order valence-corrected chi connectivity index (χ1v) is 19.8. The number of unbranched alkanes of at least 4 members (excludes halogenated alkanes) is 9. The van der Waals surface area contributed by atoms with Crippen LogP contribution in [0.1, 0.15) is 93.4 Å². The van der Waals surface area contributed by atoms with E-state index in [2.05, 4.69) is 6.92 Å². The second-order valence-electron chi connectivity index (χ2n) is 12.2. The van der Waals surface area contributed by atoms with Crippen LogP contribution in [0.2, 0.25) is 0 Å². The quantitative estimate of drug-likeness (QED) is 0.0442. The average molecular weight is 717 g/mol. The number of phosphoric ester groups is 1. The molecular formula is C39H50NaO7PS. The molecule has 0 radical (unpaired) electrons. The third-order valence-corrected chi connectivity index (χ3v) is 9.90. The van der Waals surface area contributed by atoms with Gasteiger partial charge in [0, 0.05) is 0 Å². The van der Waals surface area contributed by atoms with Gasteiger partial charge >= 0.3 is 37.4 Å². The molecule has 49 heavy (non-hydrogen) atoms. The Morgan fingerprint density at radius 1 is 0.531 bits per heavy atom. The molecule has 0 saturated carbocycles. The molecule has 260 valence electrons. The van der Waals surface area contributed by atoms with Gasteiger partial charge in [0.05, 0.1) is 4.90 Å². The summed E-state index contributed by atoms with van der Waals surface area (Å²) in [7, 11) is -8.24. The standard InChI is InChI=1S/C21H21O4P.C18H30O3S.Na/c1-16-4-10-19(11-5-16)23-26(22,24-20-12-6-17(2)7-13-20)25-21-14-8-18(3)9-15-21;1-2-3-4-5-6-7-8-9-10-11-12-17-13-15-18(16-14-17)22(19,20)21;/h4-15H,1-3H3;13-16H,2-12H2,1H3,(H,19,20,21);/q;;+1/p-1. The van der Waals surface area contributed by atoms with E-state index in [0.717, 1.165) is 35.1 Å². The fraction of sp³-hybridized carbons (Fsp3) is 0.385. The van der Waals surface area contributed by atoms with Crippen LogP contribution in [-0.4, -0.2) is 13.0 Å². The van der Waals surface area contributed by atoms with E-state index in [-0.39, 0.29) is 34.5 Å². The Morgan fingerprint density at radius 2 is 0.857 bits per heavy atom. The van der Waals surface area contributed by atoms with E-state index in [9.17, 15) is 17.5 Å². The molecule has 4 aromatic rings. The number of aryl methyl sites for hydroxylation is 4. The van der Waals surface area contributed by atoms with Gasteiger partial charge in [0.15, 0.2) is 0 Å². The van der Waals surface area contributed by atoms with Gasteiger partial charge in [-0.15, -0.1) is 0 Å². The number of hydrogen-bond donors (Lipinski definition) is 0. The van der Waals surface area contributed by atoms with E-state index in [4.69, 9.17) is 13.6 Å². The molecule has 0 heterocycles. The molecule has 0 aliphatic carbocycles. The maximum atomic E-state index is 13.3. The summed E-state index contributed by atoms with van der Waals surface area (Å²) in [6, 6.07) is 28.0. The van der Waals surface area contributed by atoms with Gasteiger partial charge in [0.2, 0.25) is 0 Å². The minimum atomic E-state index is -4.31. The van der Waals surface area contributed by atoms with E-state index in [1.54, 1.807) is 48.5 Å². The third kappa shape index (κ3) is 17.3. The summed E-state index contributed by atoms with van der Waals surface area (Å²) in [5, 5.41) is 0. The summed E-state index contributed by atoms with van der Waals surface area (Å²) < 4.78 is 62.7. The fourth-order valence-electron chi connectivity index (χ4n) is 4.88. The fourth-order valence-corrected chi connectivity index (χ4v) is 6.60. The largest absolute Gasteiger partial charge is 1.00 e. The SMILES string of the molecule is CCCCCCCCCCCCc1ccc(S(=O)(=O)[O-])cc1.Cc1ccc(OP(=O)(Oc2ccc(C)cc2)Oc2ccc(C)cc2)cc1.[Na+]. The van der Waals surface area contributed by atoms with Gasteiger partial charge < -0.3 is 18.1 Å². The normalized spacial score (nSPS) is 11.1. The predicted molar refractivity (Wildman–Crippen MR) is 193 cm³/mol. The summed E-state index contributed by atoms with van der Waals surface area (Å²) in [4.78, 5) is -0.140. The Hall–Kier alpha value is -2.58. The van der Waals surface area contributed by atoms with Gasteiger partial charge in [-0.05, 0) is 87.7 Å². The van der Waals surface area contributed by atoms with Crippen molar-refractivity contribution in [2.75, 3.05) is 0 Å². The van der Waals surface area contributed by atoms with Crippen LogP contribution in [-0.2, 0) is 21.1 Å². The maximum absolute atomic E-state index is 13.3. The van der Waals surface area contributed by atoms with Gasteiger partial charge in [-0.3, -0.25) is 0 Å². The van der Waals surface area contributed by atoms with Gasteiger partial charge in [-0.25, -0.2) is 8.42 Å². The second-order valence-corrected chi connectivity index (χ2v) is 15.0. The van der Waals surface area contributed by atoms with E-state index in [1.807, 2.05) is 57.2 Å². The Bertz CT molecular complexity index is 1520. The van der Waals surface area contributed by atoms with E-state index in [1.165, 1.54) is 69.9 Å². The average Bonchev–Trinajstić information content (AvgIpc) is 3.05. The van der Waals surface area contributed by atoms with Crippen molar-refractivity contribution < 1.29 is 60.7 Å². The van der Waals surface area contributed by atoms with Crippen molar-refractivity contribution in [1.29, 1.82) is 0 Å². The van der Waals surface area contributed by atoms with Crippen molar-refractivity contribution in [3.8, 4) is 17.2 Å². The van der Waals surface area contributed by atoms with Crippen molar-refractivity contribution in [1.82, 2.24) is 0 Å². The molecule has 0 aromatic heterocycles. The summed E-state index contributed by atoms with van der Waals surface area (Å²) in [5.74, 6) is 1.24. The Labute approximate surface area is 316 Å². The summed E-state index contributed by atoms with van der Waals surface area (Å²) in [5.41, 5.74) is 4.33. The topological polar surface area (TPSA) is 102 Å². The van der Waals surface area contributed by atoms with Crippen LogP contribution in [0.4, 0.5) is 0 Å². The molecular weight excluding hydrogens is 666 g/mol. The molecule has 0 unspecified atom stereocenters. The molecule has 7 nitrogen and oxygen atoms in total. The maximum Gasteiger partial charge on any atom is 1.00 e. The van der Waals surface area contributed by atoms with Crippen LogP contribution >= 0.6 is 7.82 Å². The van der Waals surface area contributed by atoms with Gasteiger partial charge in [-0.1, -0.05) is 130 Å². The smallest absolute Gasteiger partial charge is 0.744 e. The molecule has 10 heteroatoms. The van der Waals surface area contributed by atoms with Gasteiger partial charge in [0.1, 0.15) is 27.4 Å². The summed E-state index contributed by atoms with van der Waals surface area (Å²) in [6.07, 6.45) is 14.0. The zero-order valence-corrected chi connectivity index (χ0v) is 33.4. The molecule has 0 spiro atoms. The Kier molecular flexibility index (Phi) is 19.4.